The van der Waals surface area contributed by atoms with Gasteiger partial charge in [0.05, 0.1) is 70.9 Å². The first-order valence-corrected chi connectivity index (χ1v) is 43.4. The molecule has 1 aliphatic rings. The molecule has 0 unspecified atom stereocenters. The van der Waals surface area contributed by atoms with Crippen LogP contribution < -0.4 is 36.1 Å². The summed E-state index contributed by atoms with van der Waals surface area (Å²) < 4.78 is 87.1. The van der Waals surface area contributed by atoms with Crippen LogP contribution in [0.4, 0.5) is 20.1 Å². The Morgan fingerprint density at radius 3 is 1.13 bits per heavy atom. The summed E-state index contributed by atoms with van der Waals surface area (Å²) in [4.78, 5) is 68.6. The molecule has 0 aliphatic carbocycles. The second-order valence-electron chi connectivity index (χ2n) is 33.7. The van der Waals surface area contributed by atoms with Crippen molar-refractivity contribution in [3.05, 3.63) is 232 Å². The molecule has 1 aliphatic heterocycles. The number of amides is 4. The largest absolute Gasteiger partial charge is 0.497 e. The number of hydrogen-bond acceptors (Lipinski definition) is 21. The van der Waals surface area contributed by atoms with E-state index in [4.69, 9.17) is 23.7 Å². The van der Waals surface area contributed by atoms with Gasteiger partial charge in [0.25, 0.3) is 5.69 Å². The highest BCUT2D eigenvalue weighted by molar-refractivity contribution is 7.89. The van der Waals surface area contributed by atoms with Gasteiger partial charge in [-0.3, -0.25) is 19.7 Å². The van der Waals surface area contributed by atoms with Gasteiger partial charge in [-0.15, -0.1) is 0 Å². The average Bonchev–Trinajstić information content (AvgIpc) is 1.36. The lowest BCUT2D eigenvalue weighted by Gasteiger charge is -2.31. The van der Waals surface area contributed by atoms with E-state index in [9.17, 15) is 66.2 Å². The number of carbonyl (C=O) groups is 5. The van der Waals surface area contributed by atoms with Gasteiger partial charge in [0.1, 0.15) is 34.4 Å². The summed E-state index contributed by atoms with van der Waals surface area (Å²) in [5, 5.41) is 57.3. The number of esters is 1. The Hall–Kier alpha value is -9.89. The topological polar surface area (TPSA) is 383 Å². The molecule has 0 spiro atoms. The Bertz CT molecular complexity index is 4460. The molecular weight excluding hydrogens is 1590 g/mol. The van der Waals surface area contributed by atoms with Crippen molar-refractivity contribution in [2.24, 2.45) is 17.8 Å². The van der Waals surface area contributed by atoms with Gasteiger partial charge in [0, 0.05) is 58.7 Å². The van der Waals surface area contributed by atoms with Crippen molar-refractivity contribution < 1.29 is 89.5 Å². The van der Waals surface area contributed by atoms with E-state index in [1.807, 2.05) is 197 Å². The molecule has 8 atom stereocenters. The van der Waals surface area contributed by atoms with Crippen LogP contribution in [-0.4, -0.2) is 194 Å². The number of carbonyl (C=O) groups excluding carboxylic acids is 5. The first-order chi connectivity index (χ1) is 56.6. The van der Waals surface area contributed by atoms with Gasteiger partial charge in [0.2, 0.25) is 26.0 Å². The van der Waals surface area contributed by atoms with Gasteiger partial charge in [-0.25, -0.2) is 31.2 Å². The predicted octanol–water partition coefficient (Wildman–Crippen LogP) is 13.4. The summed E-state index contributed by atoms with van der Waals surface area (Å²) in [7, 11) is -6.17. The van der Waals surface area contributed by atoms with E-state index in [2.05, 4.69) is 45.2 Å². The maximum absolute atomic E-state index is 13.4. The minimum Gasteiger partial charge on any atom is -0.497 e. The van der Waals surface area contributed by atoms with Gasteiger partial charge in [-0.1, -0.05) is 181 Å². The number of non-ortho nitro benzene ring substituents is 1. The van der Waals surface area contributed by atoms with Crippen LogP contribution >= 0.6 is 0 Å². The molecule has 8 N–H and O–H groups in total. The summed E-state index contributed by atoms with van der Waals surface area (Å²) in [5.74, 6) is 0.722. The number of hydrogen-bond donors (Lipinski definition) is 8. The van der Waals surface area contributed by atoms with Crippen LogP contribution in [0.15, 0.2) is 204 Å². The predicted molar refractivity (Wildman–Crippen MR) is 469 cm³/mol. The van der Waals surface area contributed by atoms with E-state index in [0.29, 0.717) is 49.8 Å². The second-order valence-corrected chi connectivity index (χ2v) is 37.6. The van der Waals surface area contributed by atoms with Crippen LogP contribution in [0.1, 0.15) is 146 Å². The number of alkyl carbamates (subject to hydrolysis) is 3. The number of nitro benzene ring substituents is 1. The standard InChI is InChI=1S/C26H38N2O5S.C23H32N2O5S.C19H32N2O3.C15H21NO3.C8H7NO4/c1-19(2)17-28(34(31,32)22-14-12-20(3)13-15-22)18-24(29)23(16-21-10-8-7-9-11-21)27-25(30)33-26(4,5)6;1-17(2)15-25(31(28,29)21-12-10-20(30-4)11-13-21)16-23(27)22(24-18(3)26)14-19-8-6-5-7-9-19;1-14(2)12-20-13-17(22)16(11-15-9-7-6-8-10-15)21-18(23)24-19(3,4)5;1-15(2,3)19-14(17)16-12(13-10-18-13)9-11-7-5-4-6-8-11;1-6(10)13-8-4-2-7(3-5-8)9(11)12/h7-15,19,23-24,29H,16-18H2,1-6H3,(H,27,30);5-13,17,22-23,27H,14-16H2,1-4H3,(H,24,26);6-10,14,16-17,20,22H,11-13H2,1-5H3,(H,21,23);4-8,12-13H,9-10H2,1-3H3,(H,16,17);2-5H,1H3/t23-,24+;22-,23+;16-,17+;12-,13+;/m0000./s1. The third kappa shape index (κ3) is 42.5. The summed E-state index contributed by atoms with van der Waals surface area (Å²) in [5.41, 5.74) is 3.25. The zero-order valence-corrected chi connectivity index (χ0v) is 75.2. The minimum atomic E-state index is -3.85. The third-order valence-corrected chi connectivity index (χ3v) is 21.1. The van der Waals surface area contributed by atoms with Gasteiger partial charge >= 0.3 is 24.2 Å². The molecule has 0 radical (unpaired) electrons. The minimum absolute atomic E-state index is 0.0303. The summed E-state index contributed by atoms with van der Waals surface area (Å²) in [6, 6.07) is 55.0. The van der Waals surface area contributed by atoms with Crippen molar-refractivity contribution in [2.75, 3.05) is 53.0 Å². The van der Waals surface area contributed by atoms with Crippen LogP contribution in [0, 0.1) is 34.8 Å². The average molecular weight is 1720 g/mol. The number of ether oxygens (including phenoxy) is 6. The number of benzene rings is 7. The summed E-state index contributed by atoms with van der Waals surface area (Å²) in [6.45, 7) is 34.8. The molecule has 8 rings (SSSR count). The highest BCUT2D eigenvalue weighted by atomic mass is 32.2. The Balaban J connectivity index is 0.000000328. The lowest BCUT2D eigenvalue weighted by atomic mass is 10.0. The van der Waals surface area contributed by atoms with Crippen molar-refractivity contribution >= 4 is 55.9 Å². The number of methoxy groups -OCH3 is 1. The molecule has 28 nitrogen and oxygen atoms in total. The SMILES string of the molecule is CC(=O)Oc1ccc([N+](=O)[O-])cc1.CC(C)(C)OC(=O)N[C@@H](Cc1ccccc1)[C@H]1CO1.CC(C)CNC[C@@H](O)[C@H](Cc1ccccc1)NC(=O)OC(C)(C)C.COc1ccc(S(=O)(=O)N(CC(C)C)C[C@@H](O)[C@H](Cc2ccccc2)NC(C)=O)cc1.Cc1ccc(S(=O)(=O)N(CC(C)C)C[C@@H](O)[C@H](Cc2ccccc2)NC(=O)OC(C)(C)C)cc1. The van der Waals surface area contributed by atoms with Crippen molar-refractivity contribution in [1.82, 2.24) is 35.2 Å². The van der Waals surface area contributed by atoms with E-state index in [0.717, 1.165) is 35.2 Å². The number of aryl methyl sites for hydroxylation is 1. The van der Waals surface area contributed by atoms with E-state index in [1.54, 1.807) is 57.2 Å². The molecule has 121 heavy (non-hydrogen) atoms. The molecule has 30 heteroatoms. The molecule has 7 aromatic carbocycles. The monoisotopic (exact) mass is 1720 g/mol. The number of nitrogens with zero attached hydrogens (tertiary/aromatic N) is 3. The van der Waals surface area contributed by atoms with E-state index in [-0.39, 0.29) is 77.6 Å². The Morgan fingerprint density at radius 2 is 0.810 bits per heavy atom. The van der Waals surface area contributed by atoms with Crippen molar-refractivity contribution in [1.29, 1.82) is 0 Å². The number of nitrogens with one attached hydrogen (secondary N) is 5. The molecule has 4 amide bonds. The zero-order chi connectivity index (χ0) is 90.4. The second kappa shape index (κ2) is 50.5. The fraction of sp³-hybridized carbons (Fsp3) is 0.484. The Morgan fingerprint density at radius 1 is 0.471 bits per heavy atom. The Kier molecular flexibility index (Phi) is 43.2. The lowest BCUT2D eigenvalue weighted by molar-refractivity contribution is -0.384. The molecule has 666 valence electrons. The van der Waals surface area contributed by atoms with Gasteiger partial charge < -0.3 is 70.3 Å². The van der Waals surface area contributed by atoms with Crippen molar-refractivity contribution in [3.8, 4) is 11.5 Å². The van der Waals surface area contributed by atoms with Crippen LogP contribution in [0.5, 0.6) is 11.5 Å². The van der Waals surface area contributed by atoms with Gasteiger partial charge in [-0.2, -0.15) is 8.61 Å². The van der Waals surface area contributed by atoms with Crippen molar-refractivity contribution in [2.45, 2.75) is 225 Å². The van der Waals surface area contributed by atoms with Crippen LogP contribution in [-0.2, 0) is 74.3 Å². The van der Waals surface area contributed by atoms with E-state index >= 15 is 0 Å². The van der Waals surface area contributed by atoms with Gasteiger partial charge in [0.15, 0.2) is 0 Å². The lowest BCUT2D eigenvalue weighted by Crippen LogP contribution is -2.51. The number of aliphatic hydroxyl groups is 3. The molecule has 0 bridgehead atoms. The van der Waals surface area contributed by atoms with Crippen LogP contribution in [0.2, 0.25) is 0 Å². The summed E-state index contributed by atoms with van der Waals surface area (Å²) in [6.07, 6.45) is -2.39. The first kappa shape index (κ1) is 103. The maximum Gasteiger partial charge on any atom is 0.407 e. The highest BCUT2D eigenvalue weighted by Gasteiger charge is 2.37. The van der Waals surface area contributed by atoms with Crippen LogP contribution in [0.3, 0.4) is 0 Å². The molecular formula is C91H130N8O20S2. The normalized spacial score (nSPS) is 14.4. The fourth-order valence-electron chi connectivity index (χ4n) is 11.8. The first-order valence-electron chi connectivity index (χ1n) is 40.5. The smallest absolute Gasteiger partial charge is 0.407 e. The molecule has 1 fully saturated rings. The van der Waals surface area contributed by atoms with E-state index < -0.39 is 96.4 Å². The number of nitro groups is 1. The molecule has 1 heterocycles. The summed E-state index contributed by atoms with van der Waals surface area (Å²) >= 11 is 0. The molecule has 1 saturated heterocycles. The zero-order valence-electron chi connectivity index (χ0n) is 73.5. The quantitative estimate of drug-likeness (QED) is 0.00457. The van der Waals surface area contributed by atoms with Crippen molar-refractivity contribution in [3.63, 3.8) is 0 Å². The maximum atomic E-state index is 13.4. The molecule has 0 aromatic heterocycles. The van der Waals surface area contributed by atoms with Crippen LogP contribution in [0.25, 0.3) is 0 Å². The number of aliphatic hydroxyl groups excluding tert-OH is 3. The molecule has 7 aromatic rings. The van der Waals surface area contributed by atoms with E-state index in [1.165, 1.54) is 71.5 Å². The number of rotatable bonds is 35. The third-order valence-electron chi connectivity index (χ3n) is 17.4. The number of sulfonamides is 2. The fourth-order valence-corrected chi connectivity index (χ4v) is 15.0. The van der Waals surface area contributed by atoms with Gasteiger partial charge in [-0.05, 0) is 190 Å². The Labute approximate surface area is 716 Å². The molecule has 0 saturated carbocycles. The highest BCUT2D eigenvalue weighted by Crippen LogP contribution is 2.26. The number of epoxide rings is 1.